The van der Waals surface area contributed by atoms with E-state index >= 15 is 0 Å². The van der Waals surface area contributed by atoms with Crippen molar-refractivity contribution >= 4 is 38.4 Å². The van der Waals surface area contributed by atoms with Crippen LogP contribution in [-0.4, -0.2) is 20.9 Å². The van der Waals surface area contributed by atoms with E-state index in [4.69, 9.17) is 15.1 Å². The minimum atomic E-state index is -0.125. The molecule has 39 heavy (non-hydrogen) atoms. The molecule has 1 N–H and O–H groups in total. The molecule has 1 heterocycles. The summed E-state index contributed by atoms with van der Waals surface area (Å²) in [6.45, 7) is 4.84. The van der Waals surface area contributed by atoms with Crippen molar-refractivity contribution in [3.8, 4) is 22.3 Å². The van der Waals surface area contributed by atoms with Crippen molar-refractivity contribution in [1.82, 2.24) is 9.97 Å². The van der Waals surface area contributed by atoms with Crippen molar-refractivity contribution in [3.63, 3.8) is 0 Å². The van der Waals surface area contributed by atoms with Gasteiger partial charge in [0, 0.05) is 37.9 Å². The number of hydrogen-bond donors (Lipinski definition) is 1. The zero-order valence-electron chi connectivity index (χ0n) is 21.9. The van der Waals surface area contributed by atoms with Gasteiger partial charge in [-0.05, 0) is 48.7 Å². The fraction of sp³-hybridized carbons (Fsp3) is 0.0882. The van der Waals surface area contributed by atoms with Gasteiger partial charge in [-0.2, -0.15) is 0 Å². The Morgan fingerprint density at radius 2 is 1.41 bits per heavy atom. The number of benzene rings is 5. The van der Waals surface area contributed by atoms with Crippen molar-refractivity contribution in [2.45, 2.75) is 20.8 Å². The molecule has 195 valence electrons. The Labute approximate surface area is 241 Å². The maximum Gasteiger partial charge on any atom is 0.155 e. The molecule has 0 unspecified atom stereocenters. The van der Waals surface area contributed by atoms with Crippen LogP contribution in [-0.2, 0) is 24.9 Å². The van der Waals surface area contributed by atoms with E-state index < -0.39 is 0 Å². The minimum Gasteiger partial charge on any atom is -0.512 e. The molecule has 1 radical (unpaired) electrons. The predicted molar refractivity (Wildman–Crippen MR) is 156 cm³/mol. The van der Waals surface area contributed by atoms with Gasteiger partial charge in [0.05, 0.1) is 17.0 Å². The first-order chi connectivity index (χ1) is 18.4. The van der Waals surface area contributed by atoms with Crippen LogP contribution in [0.2, 0.25) is 0 Å². The van der Waals surface area contributed by atoms with E-state index in [2.05, 4.69) is 84.9 Å². The fourth-order valence-corrected chi connectivity index (χ4v) is 4.62. The van der Waals surface area contributed by atoms with Gasteiger partial charge < -0.3 is 5.11 Å². The van der Waals surface area contributed by atoms with E-state index in [-0.39, 0.29) is 31.6 Å². The molecule has 0 atom stereocenters. The largest absolute Gasteiger partial charge is 0.512 e. The first kappa shape index (κ1) is 27.8. The normalized spacial score (nSPS) is 11.1. The molecule has 6 rings (SSSR count). The van der Waals surface area contributed by atoms with Crippen LogP contribution in [0.5, 0.6) is 0 Å². The summed E-state index contributed by atoms with van der Waals surface area (Å²) < 4.78 is 0. The average molecular weight is 688 g/mol. The third-order valence-electron chi connectivity index (χ3n) is 6.24. The first-order valence-corrected chi connectivity index (χ1v) is 12.4. The van der Waals surface area contributed by atoms with Crippen LogP contribution in [0, 0.1) is 13.0 Å². The van der Waals surface area contributed by atoms with E-state index in [1.54, 1.807) is 0 Å². The molecule has 6 aromatic rings. The summed E-state index contributed by atoms with van der Waals surface area (Å²) in [5.41, 5.74) is 7.34. The summed E-state index contributed by atoms with van der Waals surface area (Å²) >= 11 is 0. The summed E-state index contributed by atoms with van der Waals surface area (Å²) in [4.78, 5) is 19.7. The van der Waals surface area contributed by atoms with Crippen molar-refractivity contribution in [2.24, 2.45) is 0 Å². The van der Waals surface area contributed by atoms with Crippen molar-refractivity contribution in [3.05, 3.63) is 121 Å². The second kappa shape index (κ2) is 12.1. The first-order valence-electron chi connectivity index (χ1n) is 12.4. The molecule has 1 aromatic heterocycles. The van der Waals surface area contributed by atoms with Gasteiger partial charge in [0.15, 0.2) is 5.78 Å². The monoisotopic (exact) mass is 688 g/mol. The summed E-state index contributed by atoms with van der Waals surface area (Å²) in [6.07, 6.45) is 3.01. The van der Waals surface area contributed by atoms with Crippen LogP contribution >= 0.6 is 0 Å². The van der Waals surface area contributed by atoms with Crippen molar-refractivity contribution in [1.29, 1.82) is 0 Å². The molecular formula is C34H27IrN2O2-. The number of hydrogen-bond acceptors (Lipinski definition) is 4. The van der Waals surface area contributed by atoms with Gasteiger partial charge in [0.1, 0.15) is 0 Å². The summed E-state index contributed by atoms with van der Waals surface area (Å²) in [5.74, 6) is -0.0625. The van der Waals surface area contributed by atoms with Gasteiger partial charge in [-0.25, -0.2) is 0 Å². The Bertz CT molecular complexity index is 1810. The van der Waals surface area contributed by atoms with Gasteiger partial charge in [0.2, 0.25) is 0 Å². The topological polar surface area (TPSA) is 63.1 Å². The van der Waals surface area contributed by atoms with E-state index in [1.807, 2.05) is 25.3 Å². The minimum absolute atomic E-state index is 0. The molecule has 0 saturated carbocycles. The molecule has 0 aliphatic carbocycles. The van der Waals surface area contributed by atoms with E-state index in [1.165, 1.54) is 36.4 Å². The predicted octanol–water partition coefficient (Wildman–Crippen LogP) is 8.41. The van der Waals surface area contributed by atoms with Crippen LogP contribution in [0.4, 0.5) is 0 Å². The number of aliphatic hydroxyl groups is 1. The molecule has 0 saturated heterocycles. The van der Waals surface area contributed by atoms with Crippen LogP contribution in [0.3, 0.4) is 0 Å². The molecule has 4 nitrogen and oxygen atoms in total. The molecule has 0 fully saturated rings. The number of carbonyl (C=O) groups is 1. The zero-order chi connectivity index (χ0) is 26.6. The smallest absolute Gasteiger partial charge is 0.155 e. The Morgan fingerprint density at radius 3 is 2.03 bits per heavy atom. The molecule has 0 amide bonds. The number of aryl methyl sites for hydroxylation is 1. The molecule has 5 heteroatoms. The molecule has 0 aliphatic rings. The van der Waals surface area contributed by atoms with Crippen LogP contribution in [0.25, 0.3) is 54.8 Å². The summed E-state index contributed by atoms with van der Waals surface area (Å²) in [5, 5.41) is 12.8. The molecular weight excluding hydrogens is 661 g/mol. The maximum atomic E-state index is 10.0. The van der Waals surface area contributed by atoms with Crippen molar-refractivity contribution in [2.75, 3.05) is 0 Å². The van der Waals surface area contributed by atoms with Crippen LogP contribution in [0.15, 0.2) is 109 Å². The number of ketones is 1. The molecule has 0 aliphatic heterocycles. The Balaban J connectivity index is 0.000000394. The quantitative estimate of drug-likeness (QED) is 0.0879. The van der Waals surface area contributed by atoms with Crippen LogP contribution < -0.4 is 0 Å². The van der Waals surface area contributed by atoms with Gasteiger partial charge >= 0.3 is 0 Å². The summed E-state index contributed by atoms with van der Waals surface area (Å²) in [6, 6.07) is 35.5. The van der Waals surface area contributed by atoms with E-state index in [0.717, 1.165) is 44.0 Å². The molecule has 0 bridgehead atoms. The molecule has 0 spiro atoms. The van der Waals surface area contributed by atoms with E-state index in [9.17, 15) is 4.79 Å². The van der Waals surface area contributed by atoms with Gasteiger partial charge in [-0.15, -0.1) is 23.8 Å². The average Bonchev–Trinajstić information content (AvgIpc) is 2.93. The Hall–Kier alpha value is -4.18. The Morgan fingerprint density at radius 1 is 0.769 bits per heavy atom. The number of aliphatic hydroxyl groups excluding tert-OH is 1. The van der Waals surface area contributed by atoms with Crippen LogP contribution in [0.1, 0.15) is 19.5 Å². The molecule has 5 aromatic carbocycles. The summed E-state index contributed by atoms with van der Waals surface area (Å²) in [7, 11) is 0. The Kier molecular flexibility index (Phi) is 8.65. The number of aromatic nitrogens is 2. The SMILES string of the molecule is CC(=O)C=C(C)O.Cc1cnc2c3[c-]c(-c4ccccc4)ccc3c3ccc(-c4ccccc4)cc3c2n1.[Ir]. The van der Waals surface area contributed by atoms with Gasteiger partial charge in [-0.3, -0.25) is 14.8 Å². The number of allylic oxidation sites excluding steroid dienone is 2. The fourth-order valence-electron chi connectivity index (χ4n) is 4.62. The number of fused-ring (bicyclic) bond motifs is 6. The number of carbonyl (C=O) groups excluding carboxylic acids is 1. The zero-order valence-corrected chi connectivity index (χ0v) is 24.3. The standard InChI is InChI=1S/C29H19N2.C5H8O2.Ir/c1-19-18-30-28-26-16-22(20-8-4-2-5-9-20)12-14-24(26)25-15-13-23(17-27(25)29(28)31-19)21-10-6-3-7-11-21;1-4(6)3-5(2)7;/h2-15,17-18H,1H3;3,6H,1-2H3;/q-1;;. The second-order valence-corrected chi connectivity index (χ2v) is 9.26. The third-order valence-corrected chi connectivity index (χ3v) is 6.24. The van der Waals surface area contributed by atoms with Crippen molar-refractivity contribution < 1.29 is 30.0 Å². The number of rotatable bonds is 3. The third kappa shape index (κ3) is 6.12. The number of nitrogens with zero attached hydrogens (tertiary/aromatic N) is 2. The van der Waals surface area contributed by atoms with Gasteiger partial charge in [0.25, 0.3) is 0 Å². The van der Waals surface area contributed by atoms with Gasteiger partial charge in [-0.1, -0.05) is 89.1 Å². The maximum absolute atomic E-state index is 10.0. The second-order valence-electron chi connectivity index (χ2n) is 9.26. The van der Waals surface area contributed by atoms with E-state index in [0.29, 0.717) is 0 Å².